The van der Waals surface area contributed by atoms with Gasteiger partial charge in [0.25, 0.3) is 0 Å². The third-order valence-corrected chi connectivity index (χ3v) is 7.20. The van der Waals surface area contributed by atoms with Crippen molar-refractivity contribution in [2.24, 2.45) is 5.73 Å². The topological polar surface area (TPSA) is 138 Å². The van der Waals surface area contributed by atoms with Gasteiger partial charge in [-0.05, 0) is 66.8 Å². The molecule has 0 saturated heterocycles. The standard InChI is InChI=1S/C31H34N6O3/c1-19-24(25-16-23(40-2)12-13-26(25)35-19)17-29(38)36-27(9-5-6-14-33-31(32)39)30-34-18-28(37-30)22-11-10-20-7-3-4-8-21(20)15-22/h3-4,7-8,10-13,15-16,18,27,35H,5-6,9,14,17H2,1-2H3,(H,34,37)(H,36,38)(H3,32,33,39)/t27-/m0/s1. The number of ether oxygens (including phenoxy) is 1. The van der Waals surface area contributed by atoms with Crippen LogP contribution in [0.1, 0.15) is 42.4 Å². The normalized spacial score (nSPS) is 11.9. The number of carbonyl (C=O) groups excluding carboxylic acids is 2. The van der Waals surface area contributed by atoms with Crippen LogP contribution in [0.3, 0.4) is 0 Å². The van der Waals surface area contributed by atoms with Crippen LogP contribution in [0.25, 0.3) is 32.9 Å². The van der Waals surface area contributed by atoms with Crippen molar-refractivity contribution in [3.63, 3.8) is 0 Å². The van der Waals surface area contributed by atoms with E-state index in [2.05, 4.69) is 55.9 Å². The van der Waals surface area contributed by atoms with Gasteiger partial charge in [-0.1, -0.05) is 36.4 Å². The fourth-order valence-corrected chi connectivity index (χ4v) is 5.10. The van der Waals surface area contributed by atoms with Crippen LogP contribution in [0, 0.1) is 6.92 Å². The third kappa shape index (κ3) is 6.09. The molecule has 6 N–H and O–H groups in total. The molecule has 0 saturated carbocycles. The molecule has 0 spiro atoms. The highest BCUT2D eigenvalue weighted by Crippen LogP contribution is 2.28. The molecule has 5 rings (SSSR count). The minimum absolute atomic E-state index is 0.101. The maximum absolute atomic E-state index is 13.4. The van der Waals surface area contributed by atoms with Gasteiger partial charge < -0.3 is 31.1 Å². The predicted molar refractivity (Wildman–Crippen MR) is 157 cm³/mol. The number of amides is 3. The first kappa shape index (κ1) is 26.8. The van der Waals surface area contributed by atoms with Gasteiger partial charge in [0.15, 0.2) is 0 Å². The lowest BCUT2D eigenvalue weighted by atomic mass is 10.0. The molecule has 0 aliphatic heterocycles. The van der Waals surface area contributed by atoms with Crippen LogP contribution in [0.5, 0.6) is 5.75 Å². The number of carbonyl (C=O) groups is 2. The van der Waals surface area contributed by atoms with E-state index in [0.717, 1.165) is 57.4 Å². The molecule has 0 bridgehead atoms. The monoisotopic (exact) mass is 538 g/mol. The van der Waals surface area contributed by atoms with Crippen molar-refractivity contribution in [3.8, 4) is 17.0 Å². The quantitative estimate of drug-likeness (QED) is 0.146. The Bertz CT molecular complexity index is 1650. The number of nitrogens with two attached hydrogens (primary N) is 1. The van der Waals surface area contributed by atoms with Crippen molar-refractivity contribution in [3.05, 3.63) is 83.9 Å². The second-order valence-electron chi connectivity index (χ2n) is 9.97. The molecular weight excluding hydrogens is 504 g/mol. The summed E-state index contributed by atoms with van der Waals surface area (Å²) < 4.78 is 5.39. The Balaban J connectivity index is 1.35. The molecule has 0 aliphatic rings. The number of primary amides is 1. The first-order chi connectivity index (χ1) is 19.4. The Kier molecular flexibility index (Phi) is 8.00. The summed E-state index contributed by atoms with van der Waals surface area (Å²) >= 11 is 0. The number of H-pyrrole nitrogens is 2. The second kappa shape index (κ2) is 11.9. The van der Waals surface area contributed by atoms with Gasteiger partial charge in [-0.3, -0.25) is 4.79 Å². The predicted octanol–water partition coefficient (Wildman–Crippen LogP) is 5.27. The van der Waals surface area contributed by atoms with Gasteiger partial charge in [-0.2, -0.15) is 0 Å². The Labute approximate surface area is 232 Å². The molecule has 3 aromatic carbocycles. The molecule has 0 unspecified atom stereocenters. The molecule has 206 valence electrons. The highest BCUT2D eigenvalue weighted by molar-refractivity contribution is 5.91. The van der Waals surface area contributed by atoms with E-state index in [-0.39, 0.29) is 18.4 Å². The van der Waals surface area contributed by atoms with E-state index in [0.29, 0.717) is 18.8 Å². The lowest BCUT2D eigenvalue weighted by Crippen LogP contribution is -2.31. The summed E-state index contributed by atoms with van der Waals surface area (Å²) in [5, 5.41) is 9.10. The first-order valence-corrected chi connectivity index (χ1v) is 13.4. The van der Waals surface area contributed by atoms with E-state index >= 15 is 0 Å². The second-order valence-corrected chi connectivity index (χ2v) is 9.97. The molecule has 1 atom stereocenters. The summed E-state index contributed by atoms with van der Waals surface area (Å²) in [6.07, 6.45) is 4.17. The lowest BCUT2D eigenvalue weighted by Gasteiger charge is -2.17. The molecule has 5 aromatic rings. The SMILES string of the molecule is COc1ccc2[nH]c(C)c(CC(=O)N[C@@H](CCCCNC(N)=O)c3ncc(-c4ccc5ccccc5c4)[nH]3)c2c1. The number of fused-ring (bicyclic) bond motifs is 2. The van der Waals surface area contributed by atoms with Gasteiger partial charge in [0, 0.05) is 28.7 Å². The van der Waals surface area contributed by atoms with Crippen LogP contribution in [0.2, 0.25) is 0 Å². The Morgan fingerprint density at radius 3 is 2.65 bits per heavy atom. The molecular formula is C31H34N6O3. The van der Waals surface area contributed by atoms with Crippen LogP contribution >= 0.6 is 0 Å². The minimum Gasteiger partial charge on any atom is -0.497 e. The van der Waals surface area contributed by atoms with Gasteiger partial charge in [0.1, 0.15) is 11.6 Å². The van der Waals surface area contributed by atoms with E-state index in [9.17, 15) is 9.59 Å². The number of benzene rings is 3. The summed E-state index contributed by atoms with van der Waals surface area (Å²) in [5.41, 5.74) is 9.94. The van der Waals surface area contributed by atoms with Gasteiger partial charge in [-0.25, -0.2) is 9.78 Å². The molecule has 0 aliphatic carbocycles. The zero-order valence-corrected chi connectivity index (χ0v) is 22.7. The van der Waals surface area contributed by atoms with Gasteiger partial charge >= 0.3 is 6.03 Å². The molecule has 9 nitrogen and oxygen atoms in total. The van der Waals surface area contributed by atoms with Crippen LogP contribution in [-0.2, 0) is 11.2 Å². The molecule has 9 heteroatoms. The average molecular weight is 539 g/mol. The number of nitrogens with zero attached hydrogens (tertiary/aromatic N) is 1. The summed E-state index contributed by atoms with van der Waals surface area (Å²) in [4.78, 5) is 35.9. The van der Waals surface area contributed by atoms with Crippen LogP contribution in [-0.4, -0.2) is 40.5 Å². The number of aromatic amines is 2. The molecule has 0 fully saturated rings. The molecule has 3 amide bonds. The van der Waals surface area contributed by atoms with Crippen LogP contribution in [0.4, 0.5) is 4.79 Å². The molecule has 2 aromatic heterocycles. The van der Waals surface area contributed by atoms with E-state index < -0.39 is 6.03 Å². The highest BCUT2D eigenvalue weighted by atomic mass is 16.5. The molecule has 40 heavy (non-hydrogen) atoms. The van der Waals surface area contributed by atoms with E-state index in [4.69, 9.17) is 10.5 Å². The van der Waals surface area contributed by atoms with Crippen molar-refractivity contribution in [1.29, 1.82) is 0 Å². The number of imidazole rings is 1. The lowest BCUT2D eigenvalue weighted by molar-refractivity contribution is -0.121. The van der Waals surface area contributed by atoms with Crippen LogP contribution in [0.15, 0.2) is 66.9 Å². The number of hydrogen-bond donors (Lipinski definition) is 5. The number of aromatic nitrogens is 3. The summed E-state index contributed by atoms with van der Waals surface area (Å²) in [5.74, 6) is 1.33. The number of hydrogen-bond acceptors (Lipinski definition) is 4. The summed E-state index contributed by atoms with van der Waals surface area (Å²) in [6.45, 7) is 2.45. The molecule has 2 heterocycles. The molecule has 0 radical (unpaired) electrons. The number of rotatable bonds is 11. The Hall–Kier alpha value is -4.79. The highest BCUT2D eigenvalue weighted by Gasteiger charge is 2.20. The Morgan fingerprint density at radius 1 is 1.02 bits per heavy atom. The van der Waals surface area contributed by atoms with Gasteiger partial charge in [0.2, 0.25) is 5.91 Å². The van der Waals surface area contributed by atoms with Crippen LogP contribution < -0.4 is 21.1 Å². The van der Waals surface area contributed by atoms with Crippen molar-refractivity contribution >= 4 is 33.6 Å². The summed E-state index contributed by atoms with van der Waals surface area (Å²) in [6, 6.07) is 19.5. The summed E-state index contributed by atoms with van der Waals surface area (Å²) in [7, 11) is 1.63. The van der Waals surface area contributed by atoms with E-state index in [1.54, 1.807) is 7.11 Å². The number of aryl methyl sites for hydroxylation is 1. The number of nitrogens with one attached hydrogen (secondary N) is 4. The maximum Gasteiger partial charge on any atom is 0.312 e. The van der Waals surface area contributed by atoms with Gasteiger partial charge in [0.05, 0.1) is 31.5 Å². The number of unbranched alkanes of at least 4 members (excludes halogenated alkanes) is 1. The maximum atomic E-state index is 13.4. The average Bonchev–Trinajstić information content (AvgIpc) is 3.56. The van der Waals surface area contributed by atoms with E-state index in [1.165, 1.54) is 5.39 Å². The van der Waals surface area contributed by atoms with E-state index in [1.807, 2.05) is 43.5 Å². The fourth-order valence-electron chi connectivity index (χ4n) is 5.10. The van der Waals surface area contributed by atoms with Crippen molar-refractivity contribution in [2.45, 2.75) is 38.6 Å². The first-order valence-electron chi connectivity index (χ1n) is 13.4. The minimum atomic E-state index is -0.540. The number of methoxy groups -OCH3 is 1. The van der Waals surface area contributed by atoms with Crippen molar-refractivity contribution in [2.75, 3.05) is 13.7 Å². The fraction of sp³-hybridized carbons (Fsp3) is 0.258. The number of urea groups is 1. The zero-order valence-electron chi connectivity index (χ0n) is 22.7. The van der Waals surface area contributed by atoms with Crippen molar-refractivity contribution < 1.29 is 14.3 Å². The Morgan fingerprint density at radius 2 is 1.85 bits per heavy atom. The third-order valence-electron chi connectivity index (χ3n) is 7.20. The van der Waals surface area contributed by atoms with Crippen molar-refractivity contribution in [1.82, 2.24) is 25.6 Å². The van der Waals surface area contributed by atoms with Gasteiger partial charge in [-0.15, -0.1) is 0 Å². The zero-order chi connectivity index (χ0) is 28.1. The largest absolute Gasteiger partial charge is 0.497 e. The smallest absolute Gasteiger partial charge is 0.312 e.